The van der Waals surface area contributed by atoms with Crippen LogP contribution in [-0.2, 0) is 0 Å². The zero-order valence-corrected chi connectivity index (χ0v) is 9.68. The van der Waals surface area contributed by atoms with Crippen LogP contribution in [-0.4, -0.2) is 22.8 Å². The predicted molar refractivity (Wildman–Crippen MR) is 64.9 cm³/mol. The minimum absolute atomic E-state index is 0.0497. The Morgan fingerprint density at radius 2 is 2.44 bits per heavy atom. The Kier molecular flexibility index (Phi) is 4.78. The highest BCUT2D eigenvalue weighted by Crippen LogP contribution is 2.22. The second kappa shape index (κ2) is 6.12. The molecule has 1 rings (SSSR count). The zero-order valence-electron chi connectivity index (χ0n) is 8.79. The number of ether oxygens (including phenoxy) is 1. The molecule has 5 nitrogen and oxygen atoms in total. The first kappa shape index (κ1) is 12.5. The first-order chi connectivity index (χ1) is 7.69. The van der Waals surface area contributed by atoms with Gasteiger partial charge in [0, 0.05) is 11.6 Å². The number of methoxy groups -OCH3 is 1. The third-order valence-corrected chi connectivity index (χ3v) is 2.12. The van der Waals surface area contributed by atoms with Gasteiger partial charge in [0.25, 0.3) is 5.69 Å². The highest BCUT2D eigenvalue weighted by Gasteiger charge is 2.10. The number of rotatable bonds is 5. The predicted octanol–water partition coefficient (Wildman–Crippen LogP) is 2.33. The van der Waals surface area contributed by atoms with E-state index in [2.05, 4.69) is 17.6 Å². The van der Waals surface area contributed by atoms with Crippen molar-refractivity contribution in [2.75, 3.05) is 12.9 Å². The number of thiol groups is 1. The average Bonchev–Trinajstić information content (AvgIpc) is 2.29. The largest absolute Gasteiger partial charge is 0.481 e. The monoisotopic (exact) mass is 240 g/mol. The summed E-state index contributed by atoms with van der Waals surface area (Å²) in [4.78, 5) is 14.0. The SMILES string of the molecule is COc1ncc([N+](=O)[O-])cc1C=CCCS. The summed E-state index contributed by atoms with van der Waals surface area (Å²) in [5.41, 5.74) is 0.546. The summed E-state index contributed by atoms with van der Waals surface area (Å²) in [6, 6.07) is 1.43. The molecule has 0 aliphatic heterocycles. The van der Waals surface area contributed by atoms with Crippen molar-refractivity contribution in [1.82, 2.24) is 4.98 Å². The normalized spacial score (nSPS) is 10.6. The van der Waals surface area contributed by atoms with Crippen LogP contribution in [0.25, 0.3) is 6.08 Å². The van der Waals surface area contributed by atoms with Gasteiger partial charge >= 0.3 is 0 Å². The lowest BCUT2D eigenvalue weighted by Gasteiger charge is -2.02. The van der Waals surface area contributed by atoms with E-state index < -0.39 is 4.92 Å². The maximum absolute atomic E-state index is 10.6. The number of aromatic nitrogens is 1. The van der Waals surface area contributed by atoms with E-state index >= 15 is 0 Å². The fourth-order valence-corrected chi connectivity index (χ4v) is 1.28. The van der Waals surface area contributed by atoms with E-state index in [9.17, 15) is 10.1 Å². The Morgan fingerprint density at radius 1 is 1.69 bits per heavy atom. The summed E-state index contributed by atoms with van der Waals surface area (Å²) in [6.45, 7) is 0. The second-order valence-electron chi connectivity index (χ2n) is 2.96. The van der Waals surface area contributed by atoms with Gasteiger partial charge in [-0.1, -0.05) is 12.2 Å². The Bertz CT molecular complexity index is 407. The van der Waals surface area contributed by atoms with Gasteiger partial charge in [-0.05, 0) is 12.2 Å². The van der Waals surface area contributed by atoms with Crippen LogP contribution < -0.4 is 4.74 Å². The molecule has 6 heteroatoms. The van der Waals surface area contributed by atoms with Crippen molar-refractivity contribution in [2.45, 2.75) is 6.42 Å². The molecule has 0 bridgehead atoms. The van der Waals surface area contributed by atoms with Crippen LogP contribution in [0.1, 0.15) is 12.0 Å². The first-order valence-electron chi connectivity index (χ1n) is 4.65. The topological polar surface area (TPSA) is 65.3 Å². The van der Waals surface area contributed by atoms with E-state index in [0.29, 0.717) is 11.4 Å². The van der Waals surface area contributed by atoms with Gasteiger partial charge in [-0.3, -0.25) is 10.1 Å². The van der Waals surface area contributed by atoms with E-state index in [4.69, 9.17) is 4.74 Å². The fourth-order valence-electron chi connectivity index (χ4n) is 1.13. The average molecular weight is 240 g/mol. The van der Waals surface area contributed by atoms with Crippen LogP contribution in [0.15, 0.2) is 18.3 Å². The minimum Gasteiger partial charge on any atom is -0.481 e. The molecule has 0 radical (unpaired) electrons. The number of hydrogen-bond donors (Lipinski definition) is 1. The third kappa shape index (κ3) is 3.23. The molecule has 16 heavy (non-hydrogen) atoms. The molecule has 1 aromatic heterocycles. The zero-order chi connectivity index (χ0) is 12.0. The van der Waals surface area contributed by atoms with Crippen molar-refractivity contribution >= 4 is 24.4 Å². The molecule has 0 spiro atoms. The van der Waals surface area contributed by atoms with E-state index in [-0.39, 0.29) is 5.69 Å². The second-order valence-corrected chi connectivity index (χ2v) is 3.41. The van der Waals surface area contributed by atoms with Crippen LogP contribution in [0.2, 0.25) is 0 Å². The molecular weight excluding hydrogens is 228 g/mol. The molecule has 1 heterocycles. The molecule has 0 atom stereocenters. The Labute approximate surface area is 98.7 Å². The van der Waals surface area contributed by atoms with Crippen molar-refractivity contribution in [1.29, 1.82) is 0 Å². The summed E-state index contributed by atoms with van der Waals surface area (Å²) < 4.78 is 5.01. The van der Waals surface area contributed by atoms with Gasteiger partial charge in [-0.15, -0.1) is 0 Å². The van der Waals surface area contributed by atoms with Gasteiger partial charge in [0.15, 0.2) is 0 Å². The van der Waals surface area contributed by atoms with Crippen LogP contribution in [0.3, 0.4) is 0 Å². The maximum Gasteiger partial charge on any atom is 0.288 e. The lowest BCUT2D eigenvalue weighted by atomic mass is 10.2. The number of hydrogen-bond acceptors (Lipinski definition) is 5. The standard InChI is InChI=1S/C10H12N2O3S/c1-15-10-8(4-2-3-5-16)6-9(7-11-10)12(13)14/h2,4,6-7,16H,3,5H2,1H3. The summed E-state index contributed by atoms with van der Waals surface area (Å²) in [5, 5.41) is 10.6. The van der Waals surface area contributed by atoms with E-state index in [1.165, 1.54) is 19.4 Å². The molecule has 0 aliphatic rings. The number of pyridine rings is 1. The van der Waals surface area contributed by atoms with Crippen molar-refractivity contribution in [3.8, 4) is 5.88 Å². The summed E-state index contributed by atoms with van der Waals surface area (Å²) >= 11 is 4.06. The number of allylic oxidation sites excluding steroid dienone is 1. The van der Waals surface area contributed by atoms with E-state index in [1.54, 1.807) is 6.08 Å². The molecule has 0 unspecified atom stereocenters. The van der Waals surface area contributed by atoms with Crippen molar-refractivity contribution < 1.29 is 9.66 Å². The van der Waals surface area contributed by atoms with E-state index in [1.807, 2.05) is 6.08 Å². The van der Waals surface area contributed by atoms with Crippen LogP contribution in [0.5, 0.6) is 5.88 Å². The van der Waals surface area contributed by atoms with Crippen molar-refractivity contribution in [3.05, 3.63) is 34.0 Å². The molecule has 1 aromatic rings. The van der Waals surface area contributed by atoms with Gasteiger partial charge in [0.1, 0.15) is 6.20 Å². The molecular formula is C10H12N2O3S. The van der Waals surface area contributed by atoms with Crippen LogP contribution in [0, 0.1) is 10.1 Å². The molecule has 0 saturated heterocycles. The highest BCUT2D eigenvalue weighted by atomic mass is 32.1. The van der Waals surface area contributed by atoms with Gasteiger partial charge < -0.3 is 4.74 Å². The van der Waals surface area contributed by atoms with Gasteiger partial charge in [-0.2, -0.15) is 12.6 Å². The van der Waals surface area contributed by atoms with Crippen LogP contribution in [0.4, 0.5) is 5.69 Å². The quantitative estimate of drug-likeness (QED) is 0.487. The van der Waals surface area contributed by atoms with E-state index in [0.717, 1.165) is 12.2 Å². The maximum atomic E-state index is 10.6. The van der Waals surface area contributed by atoms with Gasteiger partial charge in [0.2, 0.25) is 5.88 Å². The summed E-state index contributed by atoms with van der Waals surface area (Å²) in [7, 11) is 1.48. The van der Waals surface area contributed by atoms with Crippen molar-refractivity contribution in [2.24, 2.45) is 0 Å². The molecule has 0 N–H and O–H groups in total. The molecule has 0 aromatic carbocycles. The summed E-state index contributed by atoms with van der Waals surface area (Å²) in [5.74, 6) is 1.10. The number of nitro groups is 1. The van der Waals surface area contributed by atoms with Gasteiger partial charge in [-0.25, -0.2) is 4.98 Å². The molecule has 0 saturated carbocycles. The lowest BCUT2D eigenvalue weighted by molar-refractivity contribution is -0.385. The first-order valence-corrected chi connectivity index (χ1v) is 5.28. The highest BCUT2D eigenvalue weighted by molar-refractivity contribution is 7.80. The van der Waals surface area contributed by atoms with Crippen LogP contribution >= 0.6 is 12.6 Å². The molecule has 0 amide bonds. The minimum atomic E-state index is -0.484. The molecule has 0 aliphatic carbocycles. The number of nitrogens with zero attached hydrogens (tertiary/aromatic N) is 2. The Morgan fingerprint density at radius 3 is 3.00 bits per heavy atom. The lowest BCUT2D eigenvalue weighted by Crippen LogP contribution is -1.94. The smallest absolute Gasteiger partial charge is 0.288 e. The third-order valence-electron chi connectivity index (χ3n) is 1.86. The Hall–Kier alpha value is -1.56. The molecule has 86 valence electrons. The Balaban J connectivity index is 3.02. The van der Waals surface area contributed by atoms with Gasteiger partial charge in [0.05, 0.1) is 12.0 Å². The fraction of sp³-hybridized carbons (Fsp3) is 0.300. The van der Waals surface area contributed by atoms with Crippen molar-refractivity contribution in [3.63, 3.8) is 0 Å². The molecule has 0 fully saturated rings. The summed E-state index contributed by atoms with van der Waals surface area (Å²) in [6.07, 6.45) is 5.58.